The molecule has 168 valence electrons. The van der Waals surface area contributed by atoms with Gasteiger partial charge >= 0.3 is 0 Å². The third-order valence-corrected chi connectivity index (χ3v) is 6.07. The maximum absolute atomic E-state index is 11.4. The maximum atomic E-state index is 11.4. The molecule has 0 saturated carbocycles. The van der Waals surface area contributed by atoms with Crippen LogP contribution in [0.4, 0.5) is 23.3 Å². The standard InChI is InChI=1S/C25H27N7O/c1-16-13-20(7-8-21(16)14-26)19-9-11-32(12-10-19)25-28-15-27-24(31-25)30-23-6-4-5-22(17(23)2)29-18(3)33/h4-8,13,15,19H,9-12H2,1-3H3,(H,29,33)(H,27,28,30,31). The largest absolute Gasteiger partial charge is 0.341 e. The molecule has 2 N–H and O–H groups in total. The Morgan fingerprint density at radius 2 is 1.88 bits per heavy atom. The van der Waals surface area contributed by atoms with Crippen molar-refractivity contribution in [3.05, 3.63) is 65.0 Å². The van der Waals surface area contributed by atoms with Gasteiger partial charge in [-0.1, -0.05) is 18.2 Å². The molecular formula is C25H27N7O. The molecule has 2 heterocycles. The summed E-state index contributed by atoms with van der Waals surface area (Å²) in [7, 11) is 0. The molecule has 1 amide bonds. The lowest BCUT2D eigenvalue weighted by atomic mass is 9.88. The number of benzene rings is 2. The topological polar surface area (TPSA) is 107 Å². The first kappa shape index (κ1) is 22.2. The van der Waals surface area contributed by atoms with Crippen molar-refractivity contribution >= 4 is 29.2 Å². The Balaban J connectivity index is 1.44. The lowest BCUT2D eigenvalue weighted by Crippen LogP contribution is -2.34. The van der Waals surface area contributed by atoms with Crippen molar-refractivity contribution in [2.45, 2.75) is 39.5 Å². The highest BCUT2D eigenvalue weighted by Gasteiger charge is 2.23. The number of piperidine rings is 1. The zero-order chi connectivity index (χ0) is 23.4. The van der Waals surface area contributed by atoms with E-state index < -0.39 is 0 Å². The molecule has 0 atom stereocenters. The summed E-state index contributed by atoms with van der Waals surface area (Å²) in [6.45, 7) is 7.12. The minimum absolute atomic E-state index is 0.114. The SMILES string of the molecule is CC(=O)Nc1cccc(Nc2ncnc(N3CCC(c4ccc(C#N)c(C)c4)CC3)n2)c1C. The lowest BCUT2D eigenvalue weighted by Gasteiger charge is -2.32. The molecule has 4 rings (SSSR count). The van der Waals surface area contributed by atoms with Gasteiger partial charge in [0.15, 0.2) is 0 Å². The second kappa shape index (κ2) is 9.65. The summed E-state index contributed by atoms with van der Waals surface area (Å²) < 4.78 is 0. The number of aryl methyl sites for hydroxylation is 1. The normalized spacial score (nSPS) is 13.9. The molecular weight excluding hydrogens is 414 g/mol. The summed E-state index contributed by atoms with van der Waals surface area (Å²) in [4.78, 5) is 26.9. The van der Waals surface area contributed by atoms with Crippen molar-refractivity contribution < 1.29 is 4.79 Å². The summed E-state index contributed by atoms with van der Waals surface area (Å²) in [6.07, 6.45) is 3.52. The molecule has 1 aliphatic heterocycles. The molecule has 1 saturated heterocycles. The fourth-order valence-corrected chi connectivity index (χ4v) is 4.20. The van der Waals surface area contributed by atoms with Crippen LogP contribution in [0, 0.1) is 25.2 Å². The summed E-state index contributed by atoms with van der Waals surface area (Å²) >= 11 is 0. The van der Waals surface area contributed by atoms with E-state index in [0.717, 1.165) is 54.0 Å². The number of carbonyl (C=O) groups excluding carboxylic acids is 1. The fraction of sp³-hybridized carbons (Fsp3) is 0.320. The number of nitrogens with one attached hydrogen (secondary N) is 2. The van der Waals surface area contributed by atoms with Crippen LogP contribution in [0.5, 0.6) is 0 Å². The van der Waals surface area contributed by atoms with Gasteiger partial charge in [-0.15, -0.1) is 0 Å². The van der Waals surface area contributed by atoms with Gasteiger partial charge in [-0.05, 0) is 67.5 Å². The number of anilines is 4. The van der Waals surface area contributed by atoms with E-state index in [1.54, 1.807) is 0 Å². The minimum atomic E-state index is -0.114. The summed E-state index contributed by atoms with van der Waals surface area (Å²) in [5, 5.41) is 15.2. The lowest BCUT2D eigenvalue weighted by molar-refractivity contribution is -0.114. The van der Waals surface area contributed by atoms with Gasteiger partial charge in [-0.2, -0.15) is 10.2 Å². The first-order chi connectivity index (χ1) is 15.9. The quantitative estimate of drug-likeness (QED) is 0.602. The third-order valence-electron chi connectivity index (χ3n) is 6.07. The first-order valence-electron chi connectivity index (χ1n) is 11.0. The monoisotopic (exact) mass is 441 g/mol. The van der Waals surface area contributed by atoms with Crippen LogP contribution in [0.3, 0.4) is 0 Å². The molecule has 0 unspecified atom stereocenters. The van der Waals surface area contributed by atoms with Crippen LogP contribution < -0.4 is 15.5 Å². The minimum Gasteiger partial charge on any atom is -0.341 e. The molecule has 33 heavy (non-hydrogen) atoms. The van der Waals surface area contributed by atoms with Gasteiger partial charge in [0.05, 0.1) is 11.6 Å². The highest BCUT2D eigenvalue weighted by atomic mass is 16.1. The van der Waals surface area contributed by atoms with Crippen molar-refractivity contribution in [2.24, 2.45) is 0 Å². The van der Waals surface area contributed by atoms with Crippen LogP contribution in [-0.2, 0) is 4.79 Å². The molecule has 2 aromatic carbocycles. The summed E-state index contributed by atoms with van der Waals surface area (Å²) in [5.74, 6) is 1.47. The van der Waals surface area contributed by atoms with Crippen molar-refractivity contribution in [2.75, 3.05) is 28.6 Å². The highest BCUT2D eigenvalue weighted by Crippen LogP contribution is 2.31. The second-order valence-corrected chi connectivity index (χ2v) is 8.34. The van der Waals surface area contributed by atoms with Crippen LogP contribution in [0.2, 0.25) is 0 Å². The fourth-order valence-electron chi connectivity index (χ4n) is 4.20. The smallest absolute Gasteiger partial charge is 0.232 e. The van der Waals surface area contributed by atoms with E-state index in [-0.39, 0.29) is 5.91 Å². The van der Waals surface area contributed by atoms with E-state index in [4.69, 9.17) is 5.26 Å². The summed E-state index contributed by atoms with van der Waals surface area (Å²) in [6, 6.07) is 14.0. The van der Waals surface area contributed by atoms with Crippen molar-refractivity contribution in [3.63, 3.8) is 0 Å². The molecule has 1 aromatic heterocycles. The van der Waals surface area contributed by atoms with Crippen LogP contribution >= 0.6 is 0 Å². The Labute approximate surface area is 193 Å². The van der Waals surface area contributed by atoms with E-state index in [2.05, 4.69) is 48.7 Å². The predicted octanol–water partition coefficient (Wildman–Crippen LogP) is 4.45. The number of nitriles is 1. The third kappa shape index (κ3) is 5.09. The molecule has 1 aliphatic rings. The first-order valence-corrected chi connectivity index (χ1v) is 11.0. The number of aromatic nitrogens is 3. The van der Waals surface area contributed by atoms with Gasteiger partial charge in [-0.3, -0.25) is 4.79 Å². The second-order valence-electron chi connectivity index (χ2n) is 8.34. The Kier molecular flexibility index (Phi) is 6.50. The van der Waals surface area contributed by atoms with Gasteiger partial charge in [0.25, 0.3) is 0 Å². The van der Waals surface area contributed by atoms with Crippen LogP contribution in [0.15, 0.2) is 42.7 Å². The average molecular weight is 442 g/mol. The molecule has 0 radical (unpaired) electrons. The molecule has 0 bridgehead atoms. The number of hydrogen-bond donors (Lipinski definition) is 2. The Bertz CT molecular complexity index is 1210. The molecule has 0 spiro atoms. The van der Waals surface area contributed by atoms with E-state index >= 15 is 0 Å². The van der Waals surface area contributed by atoms with Crippen LogP contribution in [-0.4, -0.2) is 33.9 Å². The molecule has 1 fully saturated rings. The van der Waals surface area contributed by atoms with Crippen LogP contribution in [0.1, 0.15) is 47.9 Å². The number of rotatable bonds is 5. The Hall–Kier alpha value is -3.99. The van der Waals surface area contributed by atoms with Gasteiger partial charge in [0, 0.05) is 31.4 Å². The van der Waals surface area contributed by atoms with E-state index in [9.17, 15) is 4.79 Å². The zero-order valence-electron chi connectivity index (χ0n) is 19.1. The Morgan fingerprint density at radius 1 is 1.12 bits per heavy atom. The number of amides is 1. The van der Waals surface area contributed by atoms with Gasteiger partial charge in [0.1, 0.15) is 6.33 Å². The molecule has 8 heteroatoms. The predicted molar refractivity (Wildman–Crippen MR) is 129 cm³/mol. The van der Waals surface area contributed by atoms with Crippen molar-refractivity contribution in [1.29, 1.82) is 5.26 Å². The summed E-state index contributed by atoms with van der Waals surface area (Å²) in [5.41, 5.74) is 5.55. The van der Waals surface area contributed by atoms with Gasteiger partial charge in [-0.25, -0.2) is 9.97 Å². The van der Waals surface area contributed by atoms with Crippen molar-refractivity contribution in [3.8, 4) is 6.07 Å². The zero-order valence-corrected chi connectivity index (χ0v) is 19.1. The van der Waals surface area contributed by atoms with Crippen molar-refractivity contribution in [1.82, 2.24) is 15.0 Å². The van der Waals surface area contributed by atoms with E-state index in [0.29, 0.717) is 17.8 Å². The van der Waals surface area contributed by atoms with Gasteiger partial charge in [0.2, 0.25) is 17.8 Å². The van der Waals surface area contributed by atoms with Gasteiger partial charge < -0.3 is 15.5 Å². The maximum Gasteiger partial charge on any atom is 0.232 e. The van der Waals surface area contributed by atoms with E-state index in [1.807, 2.05) is 38.1 Å². The number of nitrogens with zero attached hydrogens (tertiary/aromatic N) is 5. The number of carbonyl (C=O) groups is 1. The number of hydrogen-bond acceptors (Lipinski definition) is 7. The van der Waals surface area contributed by atoms with Crippen LogP contribution in [0.25, 0.3) is 0 Å². The molecule has 3 aromatic rings. The van der Waals surface area contributed by atoms with E-state index in [1.165, 1.54) is 18.8 Å². The average Bonchev–Trinajstić information content (AvgIpc) is 2.82. The highest BCUT2D eigenvalue weighted by molar-refractivity contribution is 5.90. The molecule has 8 nitrogen and oxygen atoms in total. The molecule has 0 aliphatic carbocycles. The Morgan fingerprint density at radius 3 is 2.58 bits per heavy atom.